The van der Waals surface area contributed by atoms with Crippen molar-refractivity contribution in [2.75, 3.05) is 18.0 Å². The first kappa shape index (κ1) is 16.0. The largest absolute Gasteiger partial charge is 0.341 e. The van der Waals surface area contributed by atoms with Gasteiger partial charge in [-0.05, 0) is 55.9 Å². The first-order valence-electron chi connectivity index (χ1n) is 9.89. The number of aromatic nitrogens is 4. The Hall–Kier alpha value is -2.24. The summed E-state index contributed by atoms with van der Waals surface area (Å²) in [5, 5.41) is 0. The predicted octanol–water partition coefficient (Wildman–Crippen LogP) is 2.70. The molecule has 3 fully saturated rings. The molecule has 0 spiro atoms. The number of piperidine rings is 1. The summed E-state index contributed by atoms with van der Waals surface area (Å²) in [4.78, 5) is 28.2. The Morgan fingerprint density at radius 2 is 1.62 bits per heavy atom. The van der Waals surface area contributed by atoms with Crippen LogP contribution in [0.5, 0.6) is 0 Å². The van der Waals surface area contributed by atoms with E-state index in [1.807, 2.05) is 12.4 Å². The van der Waals surface area contributed by atoms with Crippen molar-refractivity contribution in [1.29, 1.82) is 0 Å². The molecule has 0 aromatic carbocycles. The predicted molar refractivity (Wildman–Crippen MR) is 99.4 cm³/mol. The average Bonchev–Trinajstić information content (AvgIpc) is 3.57. The molecular weight excluding hydrogens is 326 g/mol. The van der Waals surface area contributed by atoms with Gasteiger partial charge in [-0.15, -0.1) is 0 Å². The maximum absolute atomic E-state index is 12.3. The van der Waals surface area contributed by atoms with Crippen LogP contribution in [0.3, 0.4) is 0 Å². The van der Waals surface area contributed by atoms with Gasteiger partial charge in [0.25, 0.3) is 5.56 Å². The fourth-order valence-electron chi connectivity index (χ4n) is 3.90. The molecule has 0 bridgehead atoms. The zero-order valence-corrected chi connectivity index (χ0v) is 15.0. The molecule has 136 valence electrons. The van der Waals surface area contributed by atoms with E-state index in [1.165, 1.54) is 31.2 Å². The standard InChI is InChI=1S/C20H25N5O/c26-19-9-18(16-3-4-16)23-13-25(19)12-14-5-7-24(8-6-14)20-21-10-17(11-22-20)15-1-2-15/h9-11,13-16H,1-8,12H2. The fourth-order valence-corrected chi connectivity index (χ4v) is 3.90. The van der Waals surface area contributed by atoms with Crippen molar-refractivity contribution in [2.45, 2.75) is 56.9 Å². The maximum Gasteiger partial charge on any atom is 0.253 e. The first-order chi connectivity index (χ1) is 12.8. The summed E-state index contributed by atoms with van der Waals surface area (Å²) in [7, 11) is 0. The molecule has 0 atom stereocenters. The molecule has 1 saturated heterocycles. The molecule has 1 aliphatic heterocycles. The van der Waals surface area contributed by atoms with Crippen LogP contribution in [0.1, 0.15) is 61.6 Å². The lowest BCUT2D eigenvalue weighted by atomic mass is 9.97. The van der Waals surface area contributed by atoms with E-state index in [0.29, 0.717) is 17.8 Å². The van der Waals surface area contributed by atoms with Crippen LogP contribution in [0.4, 0.5) is 5.95 Å². The normalized spacial score (nSPS) is 21.2. The Kier molecular flexibility index (Phi) is 3.98. The van der Waals surface area contributed by atoms with Gasteiger partial charge in [0.05, 0.1) is 12.0 Å². The van der Waals surface area contributed by atoms with Crippen molar-refractivity contribution < 1.29 is 0 Å². The van der Waals surface area contributed by atoms with Gasteiger partial charge in [-0.3, -0.25) is 9.36 Å². The van der Waals surface area contributed by atoms with Gasteiger partial charge in [0.1, 0.15) is 0 Å². The second-order valence-corrected chi connectivity index (χ2v) is 8.10. The van der Waals surface area contributed by atoms with E-state index in [9.17, 15) is 4.79 Å². The minimum atomic E-state index is 0.100. The highest BCUT2D eigenvalue weighted by Gasteiger charge is 2.27. The van der Waals surface area contributed by atoms with Crippen LogP contribution in [0, 0.1) is 5.92 Å². The monoisotopic (exact) mass is 351 g/mol. The summed E-state index contributed by atoms with van der Waals surface area (Å²) in [5.41, 5.74) is 2.36. The van der Waals surface area contributed by atoms with Gasteiger partial charge >= 0.3 is 0 Å². The van der Waals surface area contributed by atoms with Crippen molar-refractivity contribution in [3.8, 4) is 0 Å². The highest BCUT2D eigenvalue weighted by Crippen LogP contribution is 2.39. The molecule has 2 aliphatic carbocycles. The summed E-state index contributed by atoms with van der Waals surface area (Å²) in [5.74, 6) is 2.60. The third kappa shape index (κ3) is 3.37. The molecule has 6 heteroatoms. The molecule has 2 aromatic rings. The van der Waals surface area contributed by atoms with E-state index in [2.05, 4.69) is 19.9 Å². The lowest BCUT2D eigenvalue weighted by molar-refractivity contribution is 0.349. The third-order valence-electron chi connectivity index (χ3n) is 5.96. The molecule has 26 heavy (non-hydrogen) atoms. The van der Waals surface area contributed by atoms with Crippen LogP contribution in [0.2, 0.25) is 0 Å². The van der Waals surface area contributed by atoms with Gasteiger partial charge < -0.3 is 4.90 Å². The van der Waals surface area contributed by atoms with Gasteiger partial charge in [0.15, 0.2) is 0 Å². The lowest BCUT2D eigenvalue weighted by Gasteiger charge is -2.32. The van der Waals surface area contributed by atoms with Crippen molar-refractivity contribution in [3.05, 3.63) is 46.4 Å². The number of nitrogens with zero attached hydrogens (tertiary/aromatic N) is 5. The van der Waals surface area contributed by atoms with Crippen LogP contribution >= 0.6 is 0 Å². The van der Waals surface area contributed by atoms with Crippen LogP contribution in [0.25, 0.3) is 0 Å². The average molecular weight is 351 g/mol. The van der Waals surface area contributed by atoms with Crippen LogP contribution < -0.4 is 10.5 Å². The Labute approximate surface area is 153 Å². The van der Waals surface area contributed by atoms with Gasteiger partial charge in [0.2, 0.25) is 5.95 Å². The number of hydrogen-bond donors (Lipinski definition) is 0. The van der Waals surface area contributed by atoms with Gasteiger partial charge in [-0.25, -0.2) is 15.0 Å². The summed E-state index contributed by atoms with van der Waals surface area (Å²) >= 11 is 0. The minimum Gasteiger partial charge on any atom is -0.341 e. The van der Waals surface area contributed by atoms with Crippen molar-refractivity contribution in [1.82, 2.24) is 19.5 Å². The zero-order valence-electron chi connectivity index (χ0n) is 15.0. The molecule has 2 saturated carbocycles. The SMILES string of the molecule is O=c1cc(C2CC2)ncn1CC1CCN(c2ncc(C3CC3)cn2)CC1. The van der Waals surface area contributed by atoms with Crippen molar-refractivity contribution >= 4 is 5.95 Å². The van der Waals surface area contributed by atoms with E-state index < -0.39 is 0 Å². The Morgan fingerprint density at radius 1 is 0.923 bits per heavy atom. The van der Waals surface area contributed by atoms with E-state index in [4.69, 9.17) is 0 Å². The second kappa shape index (κ2) is 6.49. The lowest BCUT2D eigenvalue weighted by Crippen LogP contribution is -2.37. The van der Waals surface area contributed by atoms with Crippen LogP contribution in [0.15, 0.2) is 29.6 Å². The summed E-state index contributed by atoms with van der Waals surface area (Å²) in [6.07, 6.45) is 12.8. The van der Waals surface area contributed by atoms with Crippen LogP contribution in [-0.4, -0.2) is 32.6 Å². The molecule has 5 rings (SSSR count). The second-order valence-electron chi connectivity index (χ2n) is 8.10. The topological polar surface area (TPSA) is 63.9 Å². The summed E-state index contributed by atoms with van der Waals surface area (Å²) in [6, 6.07) is 1.74. The number of hydrogen-bond acceptors (Lipinski definition) is 5. The smallest absolute Gasteiger partial charge is 0.253 e. The Morgan fingerprint density at radius 3 is 2.23 bits per heavy atom. The quantitative estimate of drug-likeness (QED) is 0.829. The number of rotatable bonds is 5. The summed E-state index contributed by atoms with van der Waals surface area (Å²) < 4.78 is 1.78. The maximum atomic E-state index is 12.3. The molecular formula is C20H25N5O. The Bertz CT molecular complexity index is 830. The highest BCUT2D eigenvalue weighted by atomic mass is 16.1. The number of anilines is 1. The van der Waals surface area contributed by atoms with Gasteiger partial charge in [0, 0.05) is 44.0 Å². The molecule has 3 heterocycles. The summed E-state index contributed by atoms with van der Waals surface area (Å²) in [6.45, 7) is 2.68. The Balaban J connectivity index is 1.18. The first-order valence-corrected chi connectivity index (χ1v) is 9.89. The van der Waals surface area contributed by atoms with E-state index in [-0.39, 0.29) is 5.56 Å². The molecule has 2 aromatic heterocycles. The molecule has 6 nitrogen and oxygen atoms in total. The van der Waals surface area contributed by atoms with Gasteiger partial charge in [-0.2, -0.15) is 0 Å². The highest BCUT2D eigenvalue weighted by molar-refractivity contribution is 5.32. The van der Waals surface area contributed by atoms with Gasteiger partial charge in [-0.1, -0.05) is 0 Å². The molecule has 0 radical (unpaired) electrons. The van der Waals surface area contributed by atoms with Crippen LogP contribution in [-0.2, 0) is 6.54 Å². The van der Waals surface area contributed by atoms with E-state index in [1.54, 1.807) is 17.0 Å². The van der Waals surface area contributed by atoms with E-state index >= 15 is 0 Å². The van der Waals surface area contributed by atoms with E-state index in [0.717, 1.165) is 44.1 Å². The molecule has 0 unspecified atom stereocenters. The third-order valence-corrected chi connectivity index (χ3v) is 5.96. The molecule has 3 aliphatic rings. The molecule has 0 N–H and O–H groups in total. The minimum absolute atomic E-state index is 0.100. The molecule has 0 amide bonds. The van der Waals surface area contributed by atoms with Crippen molar-refractivity contribution in [2.24, 2.45) is 5.92 Å². The fraction of sp³-hybridized carbons (Fsp3) is 0.600. The zero-order chi connectivity index (χ0) is 17.5. The van der Waals surface area contributed by atoms with Crippen molar-refractivity contribution in [3.63, 3.8) is 0 Å².